The molecule has 28 heavy (non-hydrogen) atoms. The van der Waals surface area contributed by atoms with Crippen LogP contribution in [-0.2, 0) is 14.4 Å². The molecule has 8 nitrogen and oxygen atoms in total. The number of amides is 3. The summed E-state index contributed by atoms with van der Waals surface area (Å²) in [4.78, 5) is 38.9. The molecule has 2 heterocycles. The number of benzene rings is 2. The molecule has 2 atom stereocenters. The van der Waals surface area contributed by atoms with Crippen molar-refractivity contribution in [1.82, 2.24) is 5.01 Å². The Morgan fingerprint density at radius 3 is 2.61 bits per heavy atom. The van der Waals surface area contributed by atoms with Gasteiger partial charge in [0.1, 0.15) is 6.54 Å². The number of hydrogen-bond acceptors (Lipinski definition) is 6. The van der Waals surface area contributed by atoms with Gasteiger partial charge in [-0.25, -0.2) is 4.90 Å². The summed E-state index contributed by atoms with van der Waals surface area (Å²) in [5, 5.41) is 12.3. The van der Waals surface area contributed by atoms with E-state index in [2.05, 4.69) is 31.6 Å². The maximum atomic E-state index is 12.9. The molecule has 0 radical (unpaired) electrons. The lowest BCUT2D eigenvalue weighted by molar-refractivity contribution is -0.123. The van der Waals surface area contributed by atoms with E-state index in [0.717, 1.165) is 9.37 Å². The van der Waals surface area contributed by atoms with E-state index in [0.29, 0.717) is 16.4 Å². The summed E-state index contributed by atoms with van der Waals surface area (Å²) in [6, 6.07) is 11.6. The highest BCUT2D eigenvalue weighted by Crippen LogP contribution is 2.32. The average molecular weight is 463 g/mol. The maximum absolute atomic E-state index is 12.9. The lowest BCUT2D eigenvalue weighted by Gasteiger charge is -2.20. The van der Waals surface area contributed by atoms with Crippen molar-refractivity contribution in [2.24, 2.45) is 10.3 Å². The molecule has 2 aromatic carbocycles. The number of halogens is 2. The van der Waals surface area contributed by atoms with Gasteiger partial charge in [-0.1, -0.05) is 38.8 Å². The highest BCUT2D eigenvalue weighted by Gasteiger charge is 2.55. The predicted octanol–water partition coefficient (Wildman–Crippen LogP) is 3.03. The molecule has 4 rings (SSSR count). The van der Waals surface area contributed by atoms with Crippen molar-refractivity contribution in [2.75, 3.05) is 16.8 Å². The SMILES string of the molecule is O=C(CN1N=N[C@H]2C(=O)N(c3cccc(Br)c3)C(=O)[C@@H]21)Nc1ccc(Cl)cc1. The number of carbonyl (C=O) groups excluding carboxylic acids is 3. The third-order valence-corrected chi connectivity index (χ3v) is 5.10. The van der Waals surface area contributed by atoms with Gasteiger partial charge >= 0.3 is 0 Å². The first-order chi connectivity index (χ1) is 13.4. The molecule has 10 heteroatoms. The van der Waals surface area contributed by atoms with Crippen LogP contribution in [0.25, 0.3) is 0 Å². The van der Waals surface area contributed by atoms with E-state index in [1.165, 1.54) is 5.01 Å². The van der Waals surface area contributed by atoms with Crippen molar-refractivity contribution in [3.05, 3.63) is 58.0 Å². The van der Waals surface area contributed by atoms with Gasteiger partial charge in [-0.2, -0.15) is 5.11 Å². The lowest BCUT2D eigenvalue weighted by Crippen LogP contribution is -2.43. The van der Waals surface area contributed by atoms with Gasteiger partial charge in [-0.05, 0) is 42.5 Å². The van der Waals surface area contributed by atoms with Gasteiger partial charge in [-0.15, -0.1) is 0 Å². The number of carbonyl (C=O) groups is 3. The molecule has 0 aliphatic carbocycles. The highest BCUT2D eigenvalue weighted by molar-refractivity contribution is 9.10. The third-order valence-electron chi connectivity index (χ3n) is 4.36. The first kappa shape index (κ1) is 18.6. The number of anilines is 2. The molecule has 1 saturated heterocycles. The van der Waals surface area contributed by atoms with Crippen molar-refractivity contribution in [2.45, 2.75) is 12.1 Å². The number of nitrogens with zero attached hydrogens (tertiary/aromatic N) is 4. The molecular formula is C18H13BrClN5O3. The molecule has 3 amide bonds. The van der Waals surface area contributed by atoms with Gasteiger partial charge in [0, 0.05) is 15.2 Å². The zero-order valence-electron chi connectivity index (χ0n) is 14.3. The molecule has 0 saturated carbocycles. The summed E-state index contributed by atoms with van der Waals surface area (Å²) in [7, 11) is 0. The monoisotopic (exact) mass is 461 g/mol. The number of fused-ring (bicyclic) bond motifs is 1. The molecule has 0 unspecified atom stereocenters. The summed E-state index contributed by atoms with van der Waals surface area (Å²) < 4.78 is 0.739. The largest absolute Gasteiger partial charge is 0.324 e. The number of hydrogen-bond donors (Lipinski definition) is 1. The zero-order chi connectivity index (χ0) is 19.8. The maximum Gasteiger partial charge on any atom is 0.263 e. The topological polar surface area (TPSA) is 94.4 Å². The number of nitrogens with one attached hydrogen (secondary N) is 1. The molecule has 2 aliphatic heterocycles. The predicted molar refractivity (Wildman–Crippen MR) is 106 cm³/mol. The van der Waals surface area contributed by atoms with Crippen molar-refractivity contribution < 1.29 is 14.4 Å². The van der Waals surface area contributed by atoms with Gasteiger partial charge in [0.25, 0.3) is 11.8 Å². The molecule has 142 valence electrons. The smallest absolute Gasteiger partial charge is 0.263 e. The van der Waals surface area contributed by atoms with Gasteiger partial charge in [0.2, 0.25) is 5.91 Å². The van der Waals surface area contributed by atoms with Crippen LogP contribution in [0.1, 0.15) is 0 Å². The fourth-order valence-corrected chi connectivity index (χ4v) is 3.62. The second-order valence-corrected chi connectivity index (χ2v) is 7.59. The molecule has 0 bridgehead atoms. The standard InChI is InChI=1S/C18H13BrClN5O3/c19-10-2-1-3-13(8-10)25-17(27)15-16(18(25)28)24(23-22-15)9-14(26)21-12-6-4-11(20)5-7-12/h1-8,15-16H,9H2,(H,21,26)/t15-,16-/m1/s1. The zero-order valence-corrected chi connectivity index (χ0v) is 16.6. The second-order valence-electron chi connectivity index (χ2n) is 6.24. The highest BCUT2D eigenvalue weighted by atomic mass is 79.9. The van der Waals surface area contributed by atoms with E-state index in [1.807, 2.05) is 0 Å². The first-order valence-corrected chi connectivity index (χ1v) is 9.47. The first-order valence-electron chi connectivity index (χ1n) is 8.30. The van der Waals surface area contributed by atoms with Gasteiger partial charge < -0.3 is 5.32 Å². The molecule has 0 spiro atoms. The minimum Gasteiger partial charge on any atom is -0.324 e. The molecule has 1 fully saturated rings. The second kappa shape index (κ2) is 7.33. The van der Waals surface area contributed by atoms with Crippen molar-refractivity contribution in [1.29, 1.82) is 0 Å². The molecule has 0 aromatic heterocycles. The number of rotatable bonds is 4. The summed E-state index contributed by atoms with van der Waals surface area (Å²) in [6.07, 6.45) is 0. The van der Waals surface area contributed by atoms with Crippen LogP contribution < -0.4 is 10.2 Å². The number of imide groups is 1. The van der Waals surface area contributed by atoms with E-state index in [4.69, 9.17) is 11.6 Å². The van der Waals surface area contributed by atoms with Crippen LogP contribution >= 0.6 is 27.5 Å². The summed E-state index contributed by atoms with van der Waals surface area (Å²) in [5.41, 5.74) is 1.01. The quantitative estimate of drug-likeness (QED) is 0.707. The van der Waals surface area contributed by atoms with E-state index in [9.17, 15) is 14.4 Å². The van der Waals surface area contributed by atoms with Crippen LogP contribution in [0.4, 0.5) is 11.4 Å². The van der Waals surface area contributed by atoms with E-state index >= 15 is 0 Å². The fraction of sp³-hybridized carbons (Fsp3) is 0.167. The van der Waals surface area contributed by atoms with Crippen LogP contribution in [0.15, 0.2) is 63.3 Å². The average Bonchev–Trinajstić information content (AvgIpc) is 3.17. The Balaban J connectivity index is 1.49. The van der Waals surface area contributed by atoms with Crippen molar-refractivity contribution in [3.8, 4) is 0 Å². The molecule has 2 aliphatic rings. The minimum atomic E-state index is -0.949. The Morgan fingerprint density at radius 1 is 1.14 bits per heavy atom. The minimum absolute atomic E-state index is 0.210. The Kier molecular flexibility index (Phi) is 4.86. The van der Waals surface area contributed by atoms with Gasteiger partial charge in [0.15, 0.2) is 12.1 Å². The van der Waals surface area contributed by atoms with E-state index < -0.39 is 23.9 Å². The Morgan fingerprint density at radius 2 is 1.89 bits per heavy atom. The van der Waals surface area contributed by atoms with Crippen LogP contribution in [0.3, 0.4) is 0 Å². The summed E-state index contributed by atoms with van der Waals surface area (Å²) >= 11 is 9.15. The van der Waals surface area contributed by atoms with Crippen LogP contribution in [0, 0.1) is 0 Å². The van der Waals surface area contributed by atoms with E-state index in [1.54, 1.807) is 48.5 Å². The van der Waals surface area contributed by atoms with Gasteiger partial charge in [0.05, 0.1) is 5.69 Å². The van der Waals surface area contributed by atoms with Gasteiger partial charge in [-0.3, -0.25) is 19.4 Å². The Bertz CT molecular complexity index is 997. The normalized spacial score (nSPS) is 20.6. The summed E-state index contributed by atoms with van der Waals surface area (Å²) in [6.45, 7) is -0.210. The Labute approximate surface area is 173 Å². The molecular weight excluding hydrogens is 450 g/mol. The van der Waals surface area contributed by atoms with Crippen LogP contribution in [0.2, 0.25) is 5.02 Å². The van der Waals surface area contributed by atoms with Crippen molar-refractivity contribution >= 4 is 56.6 Å². The molecule has 1 N–H and O–H groups in total. The van der Waals surface area contributed by atoms with Crippen LogP contribution in [0.5, 0.6) is 0 Å². The Hall–Kier alpha value is -2.78. The van der Waals surface area contributed by atoms with Crippen LogP contribution in [-0.4, -0.2) is 41.4 Å². The molecule has 2 aromatic rings. The van der Waals surface area contributed by atoms with Crippen molar-refractivity contribution in [3.63, 3.8) is 0 Å². The summed E-state index contributed by atoms with van der Waals surface area (Å²) in [5.74, 6) is -1.31. The lowest BCUT2D eigenvalue weighted by atomic mass is 10.1. The van der Waals surface area contributed by atoms with E-state index in [-0.39, 0.29) is 12.5 Å². The fourth-order valence-electron chi connectivity index (χ4n) is 3.10. The third kappa shape index (κ3) is 3.38.